The van der Waals surface area contributed by atoms with Crippen molar-refractivity contribution in [2.45, 2.75) is 19.8 Å². The van der Waals surface area contributed by atoms with E-state index >= 15 is 0 Å². The van der Waals surface area contributed by atoms with Gasteiger partial charge in [0.05, 0.1) is 5.88 Å². The quantitative estimate of drug-likeness (QED) is 0.705. The molecule has 0 aliphatic rings. The third-order valence-corrected chi connectivity index (χ3v) is 2.36. The molecule has 14 heavy (non-hydrogen) atoms. The highest BCUT2D eigenvalue weighted by atomic mass is 35.5. The fourth-order valence-corrected chi connectivity index (χ4v) is 1.35. The molecule has 1 nitrogen and oxygen atoms in total. The van der Waals surface area contributed by atoms with E-state index in [4.69, 9.17) is 11.6 Å². The third-order valence-electron chi connectivity index (χ3n) is 2.06. The minimum atomic E-state index is -0.211. The van der Waals surface area contributed by atoms with Crippen molar-refractivity contribution in [3.8, 4) is 0 Å². The van der Waals surface area contributed by atoms with Crippen molar-refractivity contribution in [2.75, 3.05) is 5.88 Å². The van der Waals surface area contributed by atoms with E-state index in [1.54, 1.807) is 19.1 Å². The van der Waals surface area contributed by atoms with Gasteiger partial charge in [-0.05, 0) is 30.5 Å². The summed E-state index contributed by atoms with van der Waals surface area (Å²) < 4.78 is 12.9. The SMILES string of the molecule is Cc1cc(CCC(=O)CCl)ccc1F. The maximum atomic E-state index is 12.9. The number of Topliss-reactive ketones (excluding diaryl/α,β-unsaturated/α-hetero) is 1. The summed E-state index contributed by atoms with van der Waals surface area (Å²) in [5.41, 5.74) is 1.59. The van der Waals surface area contributed by atoms with Gasteiger partial charge in [0, 0.05) is 6.42 Å². The first kappa shape index (κ1) is 11.2. The highest BCUT2D eigenvalue weighted by Gasteiger charge is 2.02. The molecule has 0 unspecified atom stereocenters. The number of ketones is 1. The van der Waals surface area contributed by atoms with Crippen LogP contribution in [-0.2, 0) is 11.2 Å². The second kappa shape index (κ2) is 5.11. The van der Waals surface area contributed by atoms with E-state index in [-0.39, 0.29) is 17.5 Å². The summed E-state index contributed by atoms with van der Waals surface area (Å²) in [6.45, 7) is 1.71. The fourth-order valence-electron chi connectivity index (χ4n) is 1.21. The molecule has 0 radical (unpaired) electrons. The number of carbonyl (C=O) groups excluding carboxylic acids is 1. The van der Waals surface area contributed by atoms with E-state index in [1.807, 2.05) is 0 Å². The molecule has 0 fully saturated rings. The van der Waals surface area contributed by atoms with E-state index < -0.39 is 0 Å². The average molecular weight is 215 g/mol. The number of alkyl halides is 1. The number of hydrogen-bond donors (Lipinski definition) is 0. The van der Waals surface area contributed by atoms with E-state index in [1.165, 1.54) is 6.07 Å². The topological polar surface area (TPSA) is 17.1 Å². The summed E-state index contributed by atoms with van der Waals surface area (Å²) in [5.74, 6) is -0.133. The Kier molecular flexibility index (Phi) is 4.08. The molecule has 0 N–H and O–H groups in total. The van der Waals surface area contributed by atoms with E-state index in [0.717, 1.165) is 5.56 Å². The maximum absolute atomic E-state index is 12.9. The number of halogens is 2. The van der Waals surface area contributed by atoms with Crippen molar-refractivity contribution < 1.29 is 9.18 Å². The smallest absolute Gasteiger partial charge is 0.147 e. The Morgan fingerprint density at radius 1 is 1.50 bits per heavy atom. The molecule has 0 saturated carbocycles. The van der Waals surface area contributed by atoms with Crippen molar-refractivity contribution in [1.29, 1.82) is 0 Å². The first-order valence-corrected chi connectivity index (χ1v) is 4.99. The lowest BCUT2D eigenvalue weighted by atomic mass is 10.1. The minimum Gasteiger partial charge on any atom is -0.298 e. The van der Waals surface area contributed by atoms with Gasteiger partial charge >= 0.3 is 0 Å². The van der Waals surface area contributed by atoms with Crippen LogP contribution in [0.2, 0.25) is 0 Å². The van der Waals surface area contributed by atoms with E-state index in [9.17, 15) is 9.18 Å². The van der Waals surface area contributed by atoms with Crippen molar-refractivity contribution in [1.82, 2.24) is 0 Å². The molecular weight excluding hydrogens is 203 g/mol. The van der Waals surface area contributed by atoms with Crippen molar-refractivity contribution >= 4 is 17.4 Å². The Balaban J connectivity index is 2.60. The second-order valence-corrected chi connectivity index (χ2v) is 3.52. The van der Waals surface area contributed by atoms with Crippen LogP contribution in [0.15, 0.2) is 18.2 Å². The normalized spacial score (nSPS) is 10.2. The number of hydrogen-bond acceptors (Lipinski definition) is 1. The Morgan fingerprint density at radius 2 is 2.21 bits per heavy atom. The molecule has 0 saturated heterocycles. The van der Waals surface area contributed by atoms with Gasteiger partial charge < -0.3 is 0 Å². The molecule has 0 amide bonds. The summed E-state index contributed by atoms with van der Waals surface area (Å²) in [7, 11) is 0. The summed E-state index contributed by atoms with van der Waals surface area (Å²) in [4.78, 5) is 10.9. The van der Waals surface area contributed by atoms with Gasteiger partial charge in [0.15, 0.2) is 0 Å². The van der Waals surface area contributed by atoms with Crippen LogP contribution in [0.4, 0.5) is 4.39 Å². The van der Waals surface area contributed by atoms with Gasteiger partial charge in [-0.1, -0.05) is 12.1 Å². The zero-order valence-electron chi connectivity index (χ0n) is 8.02. The highest BCUT2D eigenvalue weighted by Crippen LogP contribution is 2.11. The Bertz CT molecular complexity index is 336. The van der Waals surface area contributed by atoms with E-state index in [0.29, 0.717) is 18.4 Å². The lowest BCUT2D eigenvalue weighted by Crippen LogP contribution is -2.01. The van der Waals surface area contributed by atoms with Gasteiger partial charge in [0.25, 0.3) is 0 Å². The van der Waals surface area contributed by atoms with Crippen LogP contribution in [0.5, 0.6) is 0 Å². The molecule has 0 spiro atoms. The van der Waals surface area contributed by atoms with Crippen molar-refractivity contribution in [2.24, 2.45) is 0 Å². The van der Waals surface area contributed by atoms with Gasteiger partial charge in [0.1, 0.15) is 11.6 Å². The van der Waals surface area contributed by atoms with Crippen LogP contribution >= 0.6 is 11.6 Å². The highest BCUT2D eigenvalue weighted by molar-refractivity contribution is 6.27. The Hall–Kier alpha value is -0.890. The van der Waals surface area contributed by atoms with Crippen LogP contribution in [-0.4, -0.2) is 11.7 Å². The molecule has 0 bridgehead atoms. The molecule has 1 aromatic carbocycles. The summed E-state index contributed by atoms with van der Waals surface area (Å²) in [6, 6.07) is 4.89. The molecular formula is C11H12ClFO. The van der Waals surface area contributed by atoms with Crippen molar-refractivity contribution in [3.63, 3.8) is 0 Å². The fraction of sp³-hybridized carbons (Fsp3) is 0.364. The summed E-state index contributed by atoms with van der Waals surface area (Å²) in [5, 5.41) is 0. The van der Waals surface area contributed by atoms with Crippen LogP contribution in [0.25, 0.3) is 0 Å². The number of carbonyl (C=O) groups is 1. The van der Waals surface area contributed by atoms with Gasteiger partial charge in [-0.25, -0.2) is 4.39 Å². The zero-order chi connectivity index (χ0) is 10.6. The third kappa shape index (κ3) is 3.11. The average Bonchev–Trinajstić information content (AvgIpc) is 2.19. The first-order valence-electron chi connectivity index (χ1n) is 4.46. The predicted octanol–water partition coefficient (Wildman–Crippen LogP) is 2.87. The molecule has 0 atom stereocenters. The number of aryl methyl sites for hydroxylation is 2. The van der Waals surface area contributed by atoms with E-state index in [2.05, 4.69) is 0 Å². The Labute approximate surface area is 87.9 Å². The van der Waals surface area contributed by atoms with Crippen LogP contribution in [0.1, 0.15) is 17.5 Å². The van der Waals surface area contributed by atoms with Crippen LogP contribution in [0, 0.1) is 12.7 Å². The molecule has 0 aromatic heterocycles. The molecule has 3 heteroatoms. The standard InChI is InChI=1S/C11H12ClFO/c1-8-6-9(3-5-11(8)13)2-4-10(14)7-12/h3,5-6H,2,4,7H2,1H3. The lowest BCUT2D eigenvalue weighted by Gasteiger charge is -2.02. The van der Waals surface area contributed by atoms with Gasteiger partial charge in [-0.3, -0.25) is 4.79 Å². The minimum absolute atomic E-state index is 0.0219. The summed E-state index contributed by atoms with van der Waals surface area (Å²) >= 11 is 5.37. The van der Waals surface area contributed by atoms with Crippen LogP contribution in [0.3, 0.4) is 0 Å². The predicted molar refractivity (Wildman–Crippen MR) is 55.2 cm³/mol. The molecule has 1 aromatic rings. The second-order valence-electron chi connectivity index (χ2n) is 3.26. The van der Waals surface area contributed by atoms with Gasteiger partial charge in [0.2, 0.25) is 0 Å². The molecule has 0 aliphatic heterocycles. The first-order chi connectivity index (χ1) is 6.63. The van der Waals surface area contributed by atoms with Crippen LogP contribution < -0.4 is 0 Å². The monoisotopic (exact) mass is 214 g/mol. The molecule has 0 aliphatic carbocycles. The number of rotatable bonds is 4. The zero-order valence-corrected chi connectivity index (χ0v) is 8.77. The lowest BCUT2D eigenvalue weighted by molar-refractivity contribution is -0.116. The van der Waals surface area contributed by atoms with Gasteiger partial charge in [-0.15, -0.1) is 11.6 Å². The number of benzene rings is 1. The Morgan fingerprint density at radius 3 is 2.79 bits per heavy atom. The van der Waals surface area contributed by atoms with Gasteiger partial charge in [-0.2, -0.15) is 0 Å². The summed E-state index contributed by atoms with van der Waals surface area (Å²) in [6.07, 6.45) is 1.06. The molecule has 1 rings (SSSR count). The largest absolute Gasteiger partial charge is 0.298 e. The maximum Gasteiger partial charge on any atom is 0.147 e. The molecule has 76 valence electrons. The molecule has 0 heterocycles. The van der Waals surface area contributed by atoms with Crippen molar-refractivity contribution in [3.05, 3.63) is 35.1 Å².